The molecule has 0 amide bonds. The first-order chi connectivity index (χ1) is 13.0. The largest absolute Gasteiger partial charge is 0.497 e. The van der Waals surface area contributed by atoms with Gasteiger partial charge in [-0.1, -0.05) is 23.7 Å². The molecule has 3 rings (SSSR count). The van der Waals surface area contributed by atoms with E-state index in [4.69, 9.17) is 22.1 Å². The molecular formula is C19H23ClN4O3. The molecule has 3 N–H and O–H groups in total. The van der Waals surface area contributed by atoms with Crippen molar-refractivity contribution in [3.05, 3.63) is 57.1 Å². The smallest absolute Gasteiger partial charge is 0.316 e. The van der Waals surface area contributed by atoms with Gasteiger partial charge in [-0.05, 0) is 42.7 Å². The lowest BCUT2D eigenvalue weighted by molar-refractivity contribution is -0.383. The normalized spacial score (nSPS) is 15.5. The zero-order valence-electron chi connectivity index (χ0n) is 15.2. The number of nitrogen functional groups attached to an aromatic ring is 1. The molecule has 1 aliphatic heterocycles. The molecule has 0 aliphatic carbocycles. The second-order valence-electron chi connectivity index (χ2n) is 6.66. The molecule has 0 saturated carbocycles. The van der Waals surface area contributed by atoms with Crippen molar-refractivity contribution in [1.29, 1.82) is 0 Å². The van der Waals surface area contributed by atoms with Crippen LogP contribution in [0.4, 0.5) is 17.1 Å². The fourth-order valence-corrected chi connectivity index (χ4v) is 3.49. The van der Waals surface area contributed by atoms with Crippen molar-refractivity contribution < 1.29 is 9.66 Å². The van der Waals surface area contributed by atoms with Gasteiger partial charge < -0.3 is 15.8 Å². The van der Waals surface area contributed by atoms with Crippen molar-refractivity contribution in [1.82, 2.24) is 4.90 Å². The van der Waals surface area contributed by atoms with Gasteiger partial charge in [0.2, 0.25) is 0 Å². The highest BCUT2D eigenvalue weighted by Gasteiger charge is 2.25. The minimum atomic E-state index is -0.484. The summed E-state index contributed by atoms with van der Waals surface area (Å²) in [6, 6.07) is 11.5. The van der Waals surface area contributed by atoms with Gasteiger partial charge in [0.1, 0.15) is 17.1 Å². The maximum absolute atomic E-state index is 11.3. The quantitative estimate of drug-likeness (QED) is 0.441. The number of hydrogen-bond donors (Lipinski definition) is 2. The van der Waals surface area contributed by atoms with Crippen LogP contribution >= 0.6 is 11.6 Å². The van der Waals surface area contributed by atoms with E-state index in [1.807, 2.05) is 12.1 Å². The van der Waals surface area contributed by atoms with Crippen LogP contribution in [0.5, 0.6) is 5.75 Å². The lowest BCUT2D eigenvalue weighted by Crippen LogP contribution is -2.38. The molecule has 1 saturated heterocycles. The van der Waals surface area contributed by atoms with Crippen LogP contribution in [-0.4, -0.2) is 36.1 Å². The number of nitrogens with two attached hydrogens (primary N) is 1. The van der Waals surface area contributed by atoms with Crippen LogP contribution in [0.1, 0.15) is 18.4 Å². The molecule has 0 atom stereocenters. The first-order valence-electron chi connectivity index (χ1n) is 8.82. The number of anilines is 2. The van der Waals surface area contributed by atoms with Crippen LogP contribution in [0.15, 0.2) is 36.4 Å². The topological polar surface area (TPSA) is 93.7 Å². The molecular weight excluding hydrogens is 368 g/mol. The van der Waals surface area contributed by atoms with Gasteiger partial charge in [-0.15, -0.1) is 0 Å². The third-order valence-electron chi connectivity index (χ3n) is 4.86. The van der Waals surface area contributed by atoms with Gasteiger partial charge in [0.15, 0.2) is 0 Å². The van der Waals surface area contributed by atoms with Crippen molar-refractivity contribution in [3.8, 4) is 5.75 Å². The summed E-state index contributed by atoms with van der Waals surface area (Å²) in [4.78, 5) is 13.2. The minimum absolute atomic E-state index is 0.00334. The average molecular weight is 391 g/mol. The van der Waals surface area contributed by atoms with Crippen LogP contribution in [0.25, 0.3) is 0 Å². The first kappa shape index (κ1) is 19.3. The number of halogens is 1. The number of nitro benzene ring substituents is 1. The molecule has 1 fully saturated rings. The predicted molar refractivity (Wildman–Crippen MR) is 107 cm³/mol. The molecule has 8 heteroatoms. The Bertz CT molecular complexity index is 805. The summed E-state index contributed by atoms with van der Waals surface area (Å²) in [5.74, 6) is 0.852. The number of hydrogen-bond acceptors (Lipinski definition) is 6. The Hall–Kier alpha value is -2.51. The number of likely N-dealkylation sites (tertiary alicyclic amines) is 1. The maximum Gasteiger partial charge on any atom is 0.316 e. The first-order valence-corrected chi connectivity index (χ1v) is 9.20. The summed E-state index contributed by atoms with van der Waals surface area (Å²) in [5, 5.41) is 14.8. The fourth-order valence-electron chi connectivity index (χ4n) is 3.34. The number of nitro groups is 1. The third-order valence-corrected chi connectivity index (χ3v) is 5.19. The van der Waals surface area contributed by atoms with Crippen LogP contribution < -0.4 is 15.8 Å². The Morgan fingerprint density at radius 1 is 1.26 bits per heavy atom. The van der Waals surface area contributed by atoms with Crippen molar-refractivity contribution in [2.24, 2.45) is 0 Å². The standard InChI is InChI=1S/C19H23ClN4O3/c1-27-15-4-2-13(3-5-15)12-23-10-8-14(9-11-23)22-17-7-6-16(20)18(21)19(17)24(25)26/h2-7,14,22H,8-12,21H2,1H3. The SMILES string of the molecule is COc1ccc(CN2CCC(Nc3ccc(Cl)c(N)c3[N+](=O)[O-])CC2)cc1. The molecule has 144 valence electrons. The predicted octanol–water partition coefficient (Wildman–Crippen LogP) is 3.92. The van der Waals surface area contributed by atoms with Gasteiger partial charge >= 0.3 is 5.69 Å². The Kier molecular flexibility index (Phi) is 6.03. The van der Waals surface area contributed by atoms with Gasteiger partial charge in [-0.2, -0.15) is 0 Å². The molecule has 1 heterocycles. The molecule has 0 aromatic heterocycles. The van der Waals surface area contributed by atoms with E-state index in [1.54, 1.807) is 19.2 Å². The molecule has 1 aliphatic rings. The van der Waals surface area contributed by atoms with Crippen molar-refractivity contribution in [2.75, 3.05) is 31.2 Å². The molecule has 7 nitrogen and oxygen atoms in total. The maximum atomic E-state index is 11.3. The van der Waals surface area contributed by atoms with Gasteiger partial charge in [-0.3, -0.25) is 15.0 Å². The highest BCUT2D eigenvalue weighted by molar-refractivity contribution is 6.33. The number of nitrogens with zero attached hydrogens (tertiary/aromatic N) is 2. The summed E-state index contributed by atoms with van der Waals surface area (Å²) in [6.45, 7) is 2.71. The number of ether oxygens (including phenoxy) is 1. The van der Waals surface area contributed by atoms with Crippen molar-refractivity contribution >= 4 is 28.7 Å². The van der Waals surface area contributed by atoms with E-state index in [9.17, 15) is 10.1 Å². The van der Waals surface area contributed by atoms with E-state index in [0.717, 1.165) is 38.2 Å². The van der Waals surface area contributed by atoms with E-state index in [-0.39, 0.29) is 22.4 Å². The molecule has 0 radical (unpaired) electrons. The number of rotatable bonds is 6. The summed E-state index contributed by atoms with van der Waals surface area (Å²) in [7, 11) is 1.66. The van der Waals surface area contributed by atoms with Crippen LogP contribution in [0.3, 0.4) is 0 Å². The Morgan fingerprint density at radius 3 is 2.52 bits per heavy atom. The third kappa shape index (κ3) is 4.61. The Morgan fingerprint density at radius 2 is 1.93 bits per heavy atom. The summed E-state index contributed by atoms with van der Waals surface area (Å²) in [5.41, 5.74) is 7.31. The Labute approximate surface area is 163 Å². The highest BCUT2D eigenvalue weighted by Crippen LogP contribution is 2.37. The zero-order chi connectivity index (χ0) is 19.4. The van der Waals surface area contributed by atoms with E-state index in [0.29, 0.717) is 5.69 Å². The van der Waals surface area contributed by atoms with Crippen molar-refractivity contribution in [2.45, 2.75) is 25.4 Å². The van der Waals surface area contributed by atoms with Gasteiger partial charge in [0.05, 0.1) is 17.1 Å². The summed E-state index contributed by atoms with van der Waals surface area (Å²) < 4.78 is 5.19. The second-order valence-corrected chi connectivity index (χ2v) is 7.06. The summed E-state index contributed by atoms with van der Waals surface area (Å²) >= 11 is 5.92. The number of benzene rings is 2. The highest BCUT2D eigenvalue weighted by atomic mass is 35.5. The summed E-state index contributed by atoms with van der Waals surface area (Å²) in [6.07, 6.45) is 1.80. The number of nitrogens with one attached hydrogen (secondary N) is 1. The average Bonchev–Trinajstić information content (AvgIpc) is 2.66. The van der Waals surface area contributed by atoms with Gasteiger partial charge in [-0.25, -0.2) is 0 Å². The number of piperidine rings is 1. The van der Waals surface area contributed by atoms with Gasteiger partial charge in [0.25, 0.3) is 0 Å². The van der Waals surface area contributed by atoms with E-state index in [1.165, 1.54) is 5.56 Å². The zero-order valence-corrected chi connectivity index (χ0v) is 15.9. The monoisotopic (exact) mass is 390 g/mol. The Balaban J connectivity index is 1.58. The lowest BCUT2D eigenvalue weighted by atomic mass is 10.0. The molecule has 27 heavy (non-hydrogen) atoms. The van der Waals surface area contributed by atoms with E-state index < -0.39 is 4.92 Å². The number of methoxy groups -OCH3 is 1. The molecule has 2 aromatic rings. The molecule has 0 bridgehead atoms. The van der Waals surface area contributed by atoms with Crippen LogP contribution in [0, 0.1) is 10.1 Å². The van der Waals surface area contributed by atoms with Crippen LogP contribution in [0.2, 0.25) is 5.02 Å². The minimum Gasteiger partial charge on any atom is -0.497 e. The van der Waals surface area contributed by atoms with E-state index >= 15 is 0 Å². The second kappa shape index (κ2) is 8.45. The van der Waals surface area contributed by atoms with Gasteiger partial charge in [0, 0.05) is 25.7 Å². The molecule has 0 unspecified atom stereocenters. The van der Waals surface area contributed by atoms with Crippen molar-refractivity contribution in [3.63, 3.8) is 0 Å². The van der Waals surface area contributed by atoms with E-state index in [2.05, 4.69) is 22.3 Å². The molecule has 0 spiro atoms. The lowest BCUT2D eigenvalue weighted by Gasteiger charge is -2.32. The fraction of sp³-hybridized carbons (Fsp3) is 0.368. The van der Waals surface area contributed by atoms with Crippen LogP contribution in [-0.2, 0) is 6.54 Å². The molecule has 2 aromatic carbocycles.